The van der Waals surface area contributed by atoms with E-state index >= 15 is 0 Å². The topological polar surface area (TPSA) is 79.4 Å². The first-order chi connectivity index (χ1) is 13.5. The second-order valence-corrected chi connectivity index (χ2v) is 6.88. The molecule has 1 N–H and O–H groups in total. The maximum absolute atomic E-state index is 12.8. The normalized spacial score (nSPS) is 16.4. The summed E-state index contributed by atoms with van der Waals surface area (Å²) in [5, 5.41) is 3.86. The van der Waals surface area contributed by atoms with Crippen molar-refractivity contribution in [3.63, 3.8) is 0 Å². The van der Waals surface area contributed by atoms with E-state index in [-0.39, 0.29) is 24.0 Å². The molecule has 6 nitrogen and oxygen atoms in total. The molecule has 0 radical (unpaired) electrons. The molecule has 0 saturated carbocycles. The lowest BCUT2D eigenvalue weighted by Gasteiger charge is -2.17. The van der Waals surface area contributed by atoms with Crippen LogP contribution in [0.5, 0.6) is 0 Å². The maximum Gasteiger partial charge on any atom is 0.229 e. The molecule has 0 spiro atoms. The molecule has 1 aromatic heterocycles. The van der Waals surface area contributed by atoms with Crippen LogP contribution < -0.4 is 10.2 Å². The lowest BCUT2D eigenvalue weighted by Crippen LogP contribution is -2.28. The number of nitrogens with one attached hydrogen (secondary N) is 1. The summed E-state index contributed by atoms with van der Waals surface area (Å²) < 4.78 is 0. The third kappa shape index (κ3) is 3.36. The van der Waals surface area contributed by atoms with E-state index in [0.29, 0.717) is 23.5 Å². The minimum absolute atomic E-state index is 0.0275. The molecule has 2 aromatic carbocycles. The van der Waals surface area contributed by atoms with Gasteiger partial charge in [0.1, 0.15) is 0 Å². The standard InChI is InChI=1S/C22H19N3O3/c1-14(26)15-7-9-18(10-8-15)25-13-17(12-20(25)27)22(28)24-19-6-2-4-16-5-3-11-23-21(16)19/h2-11,17H,12-13H2,1H3,(H,24,28). The largest absolute Gasteiger partial charge is 0.324 e. The van der Waals surface area contributed by atoms with Crippen LogP contribution in [0.4, 0.5) is 11.4 Å². The number of nitrogens with zero attached hydrogens (tertiary/aromatic N) is 2. The van der Waals surface area contributed by atoms with Crippen molar-refractivity contribution in [1.29, 1.82) is 0 Å². The van der Waals surface area contributed by atoms with Gasteiger partial charge in [0.15, 0.2) is 5.78 Å². The molecule has 4 rings (SSSR count). The highest BCUT2D eigenvalue weighted by Gasteiger charge is 2.35. The van der Waals surface area contributed by atoms with Gasteiger partial charge in [0.05, 0.1) is 17.1 Å². The van der Waals surface area contributed by atoms with E-state index in [9.17, 15) is 14.4 Å². The molecule has 3 aromatic rings. The number of Topliss-reactive ketones (excluding diaryl/α,β-unsaturated/α-hetero) is 1. The molecule has 140 valence electrons. The van der Waals surface area contributed by atoms with Crippen molar-refractivity contribution in [2.24, 2.45) is 5.92 Å². The van der Waals surface area contributed by atoms with Crippen molar-refractivity contribution in [2.75, 3.05) is 16.8 Å². The summed E-state index contributed by atoms with van der Waals surface area (Å²) >= 11 is 0. The average molecular weight is 373 g/mol. The molecule has 0 bridgehead atoms. The van der Waals surface area contributed by atoms with Gasteiger partial charge >= 0.3 is 0 Å². The van der Waals surface area contributed by atoms with Crippen LogP contribution in [-0.4, -0.2) is 29.1 Å². The van der Waals surface area contributed by atoms with Gasteiger partial charge in [-0.2, -0.15) is 0 Å². The Hall–Kier alpha value is -3.54. The SMILES string of the molecule is CC(=O)c1ccc(N2CC(C(=O)Nc3cccc4cccnc34)CC2=O)cc1. The van der Waals surface area contributed by atoms with Crippen molar-refractivity contribution in [2.45, 2.75) is 13.3 Å². The Morgan fingerprint density at radius 3 is 2.57 bits per heavy atom. The smallest absolute Gasteiger partial charge is 0.229 e. The number of fused-ring (bicyclic) bond motifs is 1. The van der Waals surface area contributed by atoms with Gasteiger partial charge in [0.25, 0.3) is 0 Å². The molecular formula is C22H19N3O3. The number of rotatable bonds is 4. The number of carbonyl (C=O) groups excluding carboxylic acids is 3. The third-order valence-electron chi connectivity index (χ3n) is 4.97. The highest BCUT2D eigenvalue weighted by Crippen LogP contribution is 2.27. The zero-order valence-electron chi connectivity index (χ0n) is 15.4. The Morgan fingerprint density at radius 1 is 1.07 bits per heavy atom. The zero-order chi connectivity index (χ0) is 19.7. The van der Waals surface area contributed by atoms with Crippen LogP contribution in [0.25, 0.3) is 10.9 Å². The van der Waals surface area contributed by atoms with Gasteiger partial charge in [-0.05, 0) is 43.3 Å². The lowest BCUT2D eigenvalue weighted by molar-refractivity contribution is -0.122. The lowest BCUT2D eigenvalue weighted by atomic mass is 10.1. The second kappa shape index (κ2) is 7.23. The van der Waals surface area contributed by atoms with Gasteiger partial charge in [-0.25, -0.2) is 0 Å². The highest BCUT2D eigenvalue weighted by atomic mass is 16.2. The molecule has 6 heteroatoms. The van der Waals surface area contributed by atoms with Crippen molar-refractivity contribution in [3.8, 4) is 0 Å². The Balaban J connectivity index is 1.50. The number of carbonyl (C=O) groups is 3. The summed E-state index contributed by atoms with van der Waals surface area (Å²) in [6.07, 6.45) is 1.84. The van der Waals surface area contributed by atoms with E-state index in [1.165, 1.54) is 6.92 Å². The van der Waals surface area contributed by atoms with Crippen molar-refractivity contribution < 1.29 is 14.4 Å². The Morgan fingerprint density at radius 2 is 1.82 bits per heavy atom. The number of hydrogen-bond donors (Lipinski definition) is 1. The predicted molar refractivity (Wildman–Crippen MR) is 107 cm³/mol. The quantitative estimate of drug-likeness (QED) is 0.711. The molecule has 1 aliphatic heterocycles. The van der Waals surface area contributed by atoms with Crippen LogP contribution >= 0.6 is 0 Å². The molecule has 28 heavy (non-hydrogen) atoms. The number of pyridine rings is 1. The van der Waals surface area contributed by atoms with Crippen molar-refractivity contribution in [1.82, 2.24) is 4.98 Å². The van der Waals surface area contributed by atoms with Gasteiger partial charge in [0, 0.05) is 35.8 Å². The molecule has 1 saturated heterocycles. The van der Waals surface area contributed by atoms with E-state index in [2.05, 4.69) is 10.3 Å². The second-order valence-electron chi connectivity index (χ2n) is 6.88. The number of amides is 2. The van der Waals surface area contributed by atoms with Crippen molar-refractivity contribution >= 4 is 39.9 Å². The number of ketones is 1. The molecule has 2 heterocycles. The van der Waals surface area contributed by atoms with Crippen LogP contribution in [0.2, 0.25) is 0 Å². The van der Waals surface area contributed by atoms with Gasteiger partial charge in [-0.15, -0.1) is 0 Å². The fourth-order valence-electron chi connectivity index (χ4n) is 3.45. The first-order valence-electron chi connectivity index (χ1n) is 9.09. The van der Waals surface area contributed by atoms with Gasteiger partial charge in [0.2, 0.25) is 11.8 Å². The number of hydrogen-bond acceptors (Lipinski definition) is 4. The Kier molecular flexibility index (Phi) is 4.61. The van der Waals surface area contributed by atoms with E-state index in [1.807, 2.05) is 30.3 Å². The first-order valence-corrected chi connectivity index (χ1v) is 9.09. The molecular weight excluding hydrogens is 354 g/mol. The third-order valence-corrected chi connectivity index (χ3v) is 4.97. The van der Waals surface area contributed by atoms with E-state index in [1.54, 1.807) is 35.4 Å². The van der Waals surface area contributed by atoms with Crippen LogP contribution in [0, 0.1) is 5.92 Å². The van der Waals surface area contributed by atoms with Gasteiger partial charge < -0.3 is 10.2 Å². The minimum atomic E-state index is -0.445. The van der Waals surface area contributed by atoms with Gasteiger partial charge in [-0.3, -0.25) is 19.4 Å². The summed E-state index contributed by atoms with van der Waals surface area (Å²) in [6, 6.07) is 16.3. The number of anilines is 2. The molecule has 1 unspecified atom stereocenters. The summed E-state index contributed by atoms with van der Waals surface area (Å²) in [5.41, 5.74) is 2.64. The summed E-state index contributed by atoms with van der Waals surface area (Å²) in [7, 11) is 0. The zero-order valence-corrected chi connectivity index (χ0v) is 15.4. The summed E-state index contributed by atoms with van der Waals surface area (Å²) in [4.78, 5) is 42.5. The molecule has 1 atom stereocenters. The first kappa shape index (κ1) is 17.9. The van der Waals surface area contributed by atoms with Gasteiger partial charge in [-0.1, -0.05) is 18.2 Å². The molecule has 0 aliphatic carbocycles. The summed E-state index contributed by atoms with van der Waals surface area (Å²) in [6.45, 7) is 1.81. The number of para-hydroxylation sites is 1. The fourth-order valence-corrected chi connectivity index (χ4v) is 3.45. The molecule has 1 fully saturated rings. The maximum atomic E-state index is 12.8. The Bertz CT molecular complexity index is 1070. The average Bonchev–Trinajstić information content (AvgIpc) is 3.10. The molecule has 1 aliphatic rings. The van der Waals surface area contributed by atoms with Crippen LogP contribution in [0.1, 0.15) is 23.7 Å². The number of benzene rings is 2. The van der Waals surface area contributed by atoms with E-state index < -0.39 is 5.92 Å². The van der Waals surface area contributed by atoms with Crippen LogP contribution in [0.3, 0.4) is 0 Å². The monoisotopic (exact) mass is 373 g/mol. The minimum Gasteiger partial charge on any atom is -0.324 e. The highest BCUT2D eigenvalue weighted by molar-refractivity contribution is 6.06. The predicted octanol–water partition coefficient (Wildman–Crippen LogP) is 3.43. The van der Waals surface area contributed by atoms with E-state index in [4.69, 9.17) is 0 Å². The van der Waals surface area contributed by atoms with Crippen LogP contribution in [-0.2, 0) is 9.59 Å². The van der Waals surface area contributed by atoms with Crippen LogP contribution in [0.15, 0.2) is 60.8 Å². The number of aromatic nitrogens is 1. The summed E-state index contributed by atoms with van der Waals surface area (Å²) in [5.74, 6) is -0.777. The fraction of sp³-hybridized carbons (Fsp3) is 0.182. The van der Waals surface area contributed by atoms with E-state index in [0.717, 1.165) is 10.9 Å². The Labute approximate surface area is 162 Å². The van der Waals surface area contributed by atoms with Crippen molar-refractivity contribution in [3.05, 3.63) is 66.4 Å². The molecule has 2 amide bonds.